The van der Waals surface area contributed by atoms with E-state index in [9.17, 15) is 4.79 Å². The summed E-state index contributed by atoms with van der Waals surface area (Å²) in [5, 5.41) is 2.35. The van der Waals surface area contributed by atoms with Crippen LogP contribution in [0, 0.1) is 0 Å². The Morgan fingerprint density at radius 1 is 1.06 bits per heavy atom. The lowest BCUT2D eigenvalue weighted by atomic mass is 10.0. The molecule has 7 heteroatoms. The molecular formula is C25H20ClN3OS2. The average Bonchev–Trinajstić information content (AvgIpc) is 3.20. The van der Waals surface area contributed by atoms with Crippen molar-refractivity contribution in [3.05, 3.63) is 99.4 Å². The fourth-order valence-electron chi connectivity index (χ4n) is 3.73. The van der Waals surface area contributed by atoms with Gasteiger partial charge in [-0.05, 0) is 35.2 Å². The lowest BCUT2D eigenvalue weighted by Gasteiger charge is -2.17. The molecule has 0 N–H and O–H groups in total. The van der Waals surface area contributed by atoms with Crippen molar-refractivity contribution in [2.75, 3.05) is 0 Å². The third kappa shape index (κ3) is 4.06. The number of thiophene rings is 1. The summed E-state index contributed by atoms with van der Waals surface area (Å²) >= 11 is 9.33. The Balaban J connectivity index is 1.61. The molecule has 0 radical (unpaired) electrons. The number of aromatic nitrogens is 3. The van der Waals surface area contributed by atoms with Gasteiger partial charge in [-0.15, -0.1) is 11.3 Å². The largest absolute Gasteiger partial charge is 0.286 e. The number of fused-ring (bicyclic) bond motifs is 3. The molecule has 2 aromatic carbocycles. The van der Waals surface area contributed by atoms with Crippen molar-refractivity contribution >= 4 is 55.1 Å². The minimum Gasteiger partial charge on any atom is -0.286 e. The minimum absolute atomic E-state index is 0.0116. The number of halogens is 1. The van der Waals surface area contributed by atoms with E-state index in [0.717, 1.165) is 26.3 Å². The van der Waals surface area contributed by atoms with Gasteiger partial charge < -0.3 is 0 Å². The lowest BCUT2D eigenvalue weighted by molar-refractivity contribution is 0.532. The maximum Gasteiger partial charge on any atom is 0.272 e. The summed E-state index contributed by atoms with van der Waals surface area (Å²) in [6.45, 7) is 2.69. The SMILES string of the molecule is CC(Cn1c(SCc2ccccc2Cl)nc2c(sc3ncccc32)c1=O)c1ccccc1. The molecule has 1 atom stereocenters. The van der Waals surface area contributed by atoms with Gasteiger partial charge in [-0.3, -0.25) is 9.36 Å². The van der Waals surface area contributed by atoms with Crippen LogP contribution in [0.25, 0.3) is 20.4 Å². The number of hydrogen-bond donors (Lipinski definition) is 0. The van der Waals surface area contributed by atoms with Crippen molar-refractivity contribution < 1.29 is 0 Å². The second kappa shape index (κ2) is 9.06. The summed E-state index contributed by atoms with van der Waals surface area (Å²) in [7, 11) is 0. The summed E-state index contributed by atoms with van der Waals surface area (Å²) in [5.74, 6) is 0.804. The number of pyridine rings is 1. The van der Waals surface area contributed by atoms with Gasteiger partial charge in [0.05, 0.1) is 5.52 Å². The molecule has 0 saturated heterocycles. The van der Waals surface area contributed by atoms with Crippen LogP contribution in [0.5, 0.6) is 0 Å². The standard InChI is InChI=1S/C25H20ClN3OS2/c1-16(17-8-3-2-4-9-17)14-29-24(30)22-21(19-11-7-13-27-23(19)32-22)28-25(29)31-15-18-10-5-6-12-20(18)26/h2-13,16H,14-15H2,1H3. The van der Waals surface area contributed by atoms with Crippen molar-refractivity contribution in [2.45, 2.75) is 30.3 Å². The van der Waals surface area contributed by atoms with E-state index >= 15 is 0 Å². The zero-order valence-corrected chi connectivity index (χ0v) is 19.8. The number of thioether (sulfide) groups is 1. The van der Waals surface area contributed by atoms with E-state index in [1.165, 1.54) is 16.9 Å². The van der Waals surface area contributed by atoms with Crippen LogP contribution < -0.4 is 5.56 Å². The van der Waals surface area contributed by atoms with Crippen molar-refractivity contribution in [3.63, 3.8) is 0 Å². The molecular weight excluding hydrogens is 458 g/mol. The van der Waals surface area contributed by atoms with Crippen LogP contribution in [0.1, 0.15) is 24.0 Å². The Labute approximate surface area is 198 Å². The highest BCUT2D eigenvalue weighted by molar-refractivity contribution is 7.98. The van der Waals surface area contributed by atoms with Gasteiger partial charge in [0, 0.05) is 28.9 Å². The van der Waals surface area contributed by atoms with Gasteiger partial charge in [-0.25, -0.2) is 9.97 Å². The fraction of sp³-hybridized carbons (Fsp3) is 0.160. The highest BCUT2D eigenvalue weighted by Gasteiger charge is 2.19. The van der Waals surface area contributed by atoms with Crippen LogP contribution in [-0.4, -0.2) is 14.5 Å². The quantitative estimate of drug-likeness (QED) is 0.200. The molecule has 3 aromatic heterocycles. The summed E-state index contributed by atoms with van der Waals surface area (Å²) in [4.78, 5) is 23.9. The van der Waals surface area contributed by atoms with Gasteiger partial charge >= 0.3 is 0 Å². The molecule has 5 rings (SSSR count). The summed E-state index contributed by atoms with van der Waals surface area (Å²) in [6, 6.07) is 21.9. The maximum absolute atomic E-state index is 13.6. The normalized spacial score (nSPS) is 12.4. The Morgan fingerprint density at radius 2 is 1.84 bits per heavy atom. The molecule has 5 aromatic rings. The fourth-order valence-corrected chi connectivity index (χ4v) is 6.05. The van der Waals surface area contributed by atoms with Crippen LogP contribution in [-0.2, 0) is 12.3 Å². The molecule has 0 spiro atoms. The van der Waals surface area contributed by atoms with Gasteiger partial charge in [-0.2, -0.15) is 0 Å². The molecule has 0 saturated carbocycles. The van der Waals surface area contributed by atoms with E-state index in [2.05, 4.69) is 24.0 Å². The van der Waals surface area contributed by atoms with Crippen LogP contribution in [0.4, 0.5) is 0 Å². The zero-order valence-electron chi connectivity index (χ0n) is 17.4. The first-order valence-electron chi connectivity index (χ1n) is 10.3. The predicted octanol–water partition coefficient (Wildman–Crippen LogP) is 6.76. The van der Waals surface area contributed by atoms with E-state index in [0.29, 0.717) is 22.2 Å². The molecule has 0 bridgehead atoms. The van der Waals surface area contributed by atoms with Gasteiger partial charge in [-0.1, -0.05) is 78.8 Å². The van der Waals surface area contributed by atoms with Crippen LogP contribution in [0.2, 0.25) is 5.02 Å². The van der Waals surface area contributed by atoms with Gasteiger partial charge in [0.2, 0.25) is 0 Å². The van der Waals surface area contributed by atoms with Gasteiger partial charge in [0.15, 0.2) is 5.16 Å². The van der Waals surface area contributed by atoms with Crippen LogP contribution >= 0.6 is 34.7 Å². The molecule has 0 aliphatic carbocycles. The number of benzene rings is 2. The van der Waals surface area contributed by atoms with Gasteiger partial charge in [0.25, 0.3) is 5.56 Å². The summed E-state index contributed by atoms with van der Waals surface area (Å²) in [5.41, 5.74) is 2.93. The number of rotatable bonds is 6. The van der Waals surface area contributed by atoms with Crippen molar-refractivity contribution in [1.82, 2.24) is 14.5 Å². The number of hydrogen-bond acceptors (Lipinski definition) is 5. The first-order valence-corrected chi connectivity index (χ1v) is 12.5. The Morgan fingerprint density at radius 3 is 2.66 bits per heavy atom. The molecule has 4 nitrogen and oxygen atoms in total. The maximum atomic E-state index is 13.6. The second-order valence-electron chi connectivity index (χ2n) is 7.64. The number of nitrogens with zero attached hydrogens (tertiary/aromatic N) is 3. The Hall–Kier alpha value is -2.67. The first kappa shape index (κ1) is 21.2. The predicted molar refractivity (Wildman–Crippen MR) is 135 cm³/mol. The van der Waals surface area contributed by atoms with Crippen LogP contribution in [0.3, 0.4) is 0 Å². The second-order valence-corrected chi connectivity index (χ2v) is 9.99. The molecule has 160 valence electrons. The molecule has 0 aliphatic rings. The molecule has 0 fully saturated rings. The molecule has 0 amide bonds. The van der Waals surface area contributed by atoms with E-state index in [1.54, 1.807) is 18.0 Å². The van der Waals surface area contributed by atoms with Crippen molar-refractivity contribution in [3.8, 4) is 0 Å². The third-order valence-electron chi connectivity index (χ3n) is 5.46. The Kier molecular flexibility index (Phi) is 6.00. The Bertz CT molecular complexity index is 1460. The van der Waals surface area contributed by atoms with Gasteiger partial charge in [0.1, 0.15) is 9.53 Å². The summed E-state index contributed by atoms with van der Waals surface area (Å²) in [6.07, 6.45) is 1.75. The highest BCUT2D eigenvalue weighted by Crippen LogP contribution is 2.32. The minimum atomic E-state index is -0.0116. The van der Waals surface area contributed by atoms with E-state index in [1.807, 2.05) is 59.2 Å². The average molecular weight is 478 g/mol. The molecule has 32 heavy (non-hydrogen) atoms. The molecule has 0 aliphatic heterocycles. The monoisotopic (exact) mass is 477 g/mol. The third-order valence-corrected chi connectivity index (χ3v) is 7.94. The van der Waals surface area contributed by atoms with E-state index < -0.39 is 0 Å². The van der Waals surface area contributed by atoms with E-state index in [-0.39, 0.29) is 11.5 Å². The first-order chi connectivity index (χ1) is 15.6. The highest BCUT2D eigenvalue weighted by atomic mass is 35.5. The van der Waals surface area contributed by atoms with Crippen molar-refractivity contribution in [2.24, 2.45) is 0 Å². The summed E-state index contributed by atoms with van der Waals surface area (Å²) < 4.78 is 2.47. The topological polar surface area (TPSA) is 47.8 Å². The van der Waals surface area contributed by atoms with E-state index in [4.69, 9.17) is 16.6 Å². The lowest BCUT2D eigenvalue weighted by Crippen LogP contribution is -2.25. The molecule has 3 heterocycles. The molecule has 1 unspecified atom stereocenters. The smallest absolute Gasteiger partial charge is 0.272 e. The van der Waals surface area contributed by atoms with Crippen LogP contribution in [0.15, 0.2) is 82.9 Å². The van der Waals surface area contributed by atoms with Crippen molar-refractivity contribution in [1.29, 1.82) is 0 Å². The zero-order chi connectivity index (χ0) is 22.1.